The zero-order chi connectivity index (χ0) is 12.8. The number of amides is 2. The zero-order valence-corrected chi connectivity index (χ0v) is 10.4. The van der Waals surface area contributed by atoms with Crippen LogP contribution in [-0.2, 0) is 9.59 Å². The second kappa shape index (κ2) is 6.24. The van der Waals surface area contributed by atoms with E-state index in [1.807, 2.05) is 13.0 Å². The Morgan fingerprint density at radius 2 is 2.35 bits per heavy atom. The Bertz CT molecular complexity index is 335. The molecule has 2 amide bonds. The number of hydrogen-bond donors (Lipinski definition) is 1. The third kappa shape index (κ3) is 3.45. The monoisotopic (exact) mass is 237 g/mol. The Hall–Kier alpha value is -1.57. The highest BCUT2D eigenvalue weighted by atomic mass is 16.2. The molecule has 0 spiro atoms. The Morgan fingerprint density at radius 3 is 2.82 bits per heavy atom. The minimum Gasteiger partial charge on any atom is -0.351 e. The average Bonchev–Trinajstić information content (AvgIpc) is 2.66. The van der Waals surface area contributed by atoms with Crippen LogP contribution in [0.25, 0.3) is 0 Å². The van der Waals surface area contributed by atoms with Crippen molar-refractivity contribution >= 4 is 11.8 Å². The molecule has 1 heterocycles. The summed E-state index contributed by atoms with van der Waals surface area (Å²) in [6.45, 7) is 4.35. The second-order valence-electron chi connectivity index (χ2n) is 4.39. The van der Waals surface area contributed by atoms with Gasteiger partial charge in [-0.1, -0.05) is 6.92 Å². The van der Waals surface area contributed by atoms with Crippen LogP contribution < -0.4 is 5.32 Å². The average molecular weight is 237 g/mol. The smallest absolute Gasteiger partial charge is 0.243 e. The van der Waals surface area contributed by atoms with Crippen LogP contribution in [0.2, 0.25) is 0 Å². The molecule has 0 unspecified atom stereocenters. The summed E-state index contributed by atoms with van der Waals surface area (Å²) in [6, 6.07) is 1.46. The van der Waals surface area contributed by atoms with Crippen molar-refractivity contribution in [3.05, 3.63) is 0 Å². The Balaban J connectivity index is 2.58. The number of nitrogens with one attached hydrogen (secondary N) is 1. The number of rotatable bonds is 5. The summed E-state index contributed by atoms with van der Waals surface area (Å²) in [5.74, 6) is -0.0922. The molecule has 0 bridgehead atoms. The summed E-state index contributed by atoms with van der Waals surface area (Å²) in [5, 5.41) is 11.3. The van der Waals surface area contributed by atoms with E-state index in [0.717, 1.165) is 6.42 Å². The van der Waals surface area contributed by atoms with Gasteiger partial charge >= 0.3 is 0 Å². The maximum atomic E-state index is 12.0. The largest absolute Gasteiger partial charge is 0.351 e. The Morgan fingerprint density at radius 1 is 1.65 bits per heavy atom. The van der Waals surface area contributed by atoms with Gasteiger partial charge in [-0.3, -0.25) is 9.59 Å². The van der Waals surface area contributed by atoms with Gasteiger partial charge in [0.25, 0.3) is 0 Å². The van der Waals surface area contributed by atoms with E-state index in [1.165, 1.54) is 0 Å². The summed E-state index contributed by atoms with van der Waals surface area (Å²) in [6.07, 6.45) is 2.26. The maximum absolute atomic E-state index is 12.0. The molecule has 94 valence electrons. The van der Waals surface area contributed by atoms with Crippen molar-refractivity contribution < 1.29 is 9.59 Å². The molecule has 1 fully saturated rings. The molecule has 1 N–H and O–H groups in total. The molecule has 0 saturated carbocycles. The summed E-state index contributed by atoms with van der Waals surface area (Å²) in [5.41, 5.74) is 0. The quantitative estimate of drug-likeness (QED) is 0.768. The number of nitriles is 1. The first-order chi connectivity index (χ1) is 8.10. The third-order valence-corrected chi connectivity index (χ3v) is 2.96. The van der Waals surface area contributed by atoms with Crippen LogP contribution in [-0.4, -0.2) is 35.3 Å². The van der Waals surface area contributed by atoms with Gasteiger partial charge in [0.1, 0.15) is 6.04 Å². The number of carbonyl (C=O) groups excluding carboxylic acids is 2. The van der Waals surface area contributed by atoms with Crippen LogP contribution in [0.15, 0.2) is 0 Å². The van der Waals surface area contributed by atoms with Crippen molar-refractivity contribution in [3.63, 3.8) is 0 Å². The molecule has 1 aliphatic heterocycles. The van der Waals surface area contributed by atoms with Gasteiger partial charge in [0, 0.05) is 19.0 Å². The predicted molar refractivity (Wildman–Crippen MR) is 62.9 cm³/mol. The fraction of sp³-hybridized carbons (Fsp3) is 0.750. The van der Waals surface area contributed by atoms with E-state index in [-0.39, 0.29) is 30.3 Å². The fourth-order valence-corrected chi connectivity index (χ4v) is 2.07. The van der Waals surface area contributed by atoms with Crippen LogP contribution in [0.4, 0.5) is 0 Å². The first-order valence-corrected chi connectivity index (χ1v) is 6.07. The predicted octanol–water partition coefficient (Wildman–Crippen LogP) is 0.806. The molecule has 2 atom stereocenters. The van der Waals surface area contributed by atoms with E-state index >= 15 is 0 Å². The van der Waals surface area contributed by atoms with Gasteiger partial charge in [-0.05, 0) is 19.8 Å². The fourth-order valence-electron chi connectivity index (χ4n) is 2.07. The van der Waals surface area contributed by atoms with Crippen LogP contribution in [0, 0.1) is 11.3 Å². The lowest BCUT2D eigenvalue weighted by Gasteiger charge is -2.26. The molecule has 0 aromatic carbocycles. The molecule has 5 heteroatoms. The Kier molecular flexibility index (Phi) is 4.95. The molecule has 0 aromatic heterocycles. The molecule has 1 aliphatic rings. The van der Waals surface area contributed by atoms with Gasteiger partial charge in [-0.2, -0.15) is 5.26 Å². The Labute approximate surface area is 102 Å². The van der Waals surface area contributed by atoms with E-state index in [4.69, 9.17) is 5.26 Å². The minimum atomic E-state index is -0.383. The molecule has 0 aliphatic carbocycles. The van der Waals surface area contributed by atoms with Gasteiger partial charge in [0.15, 0.2) is 0 Å². The van der Waals surface area contributed by atoms with E-state index in [1.54, 1.807) is 11.8 Å². The van der Waals surface area contributed by atoms with Gasteiger partial charge in [0.2, 0.25) is 11.8 Å². The zero-order valence-electron chi connectivity index (χ0n) is 10.4. The summed E-state index contributed by atoms with van der Waals surface area (Å²) in [4.78, 5) is 25.2. The molecule has 1 saturated heterocycles. The number of hydrogen-bond acceptors (Lipinski definition) is 3. The molecule has 5 nitrogen and oxygen atoms in total. The minimum absolute atomic E-state index is 0.0555. The van der Waals surface area contributed by atoms with Gasteiger partial charge < -0.3 is 10.2 Å². The summed E-state index contributed by atoms with van der Waals surface area (Å²) in [7, 11) is 0. The van der Waals surface area contributed by atoms with Crippen molar-refractivity contribution in [3.8, 4) is 6.07 Å². The van der Waals surface area contributed by atoms with Gasteiger partial charge in [0.05, 0.1) is 12.5 Å². The maximum Gasteiger partial charge on any atom is 0.243 e. The highest BCUT2D eigenvalue weighted by molar-refractivity contribution is 5.88. The lowest BCUT2D eigenvalue weighted by molar-refractivity contribution is -0.137. The highest BCUT2D eigenvalue weighted by Gasteiger charge is 2.31. The standard InChI is InChI=1S/C12H19N3O2/c1-3-10(15-8-4-5-11(15)16)12(17)14-9(2)6-7-13/h9-10H,3-6,8H2,1-2H3,(H,14,17)/t9-,10+/m0/s1. The topological polar surface area (TPSA) is 73.2 Å². The summed E-state index contributed by atoms with van der Waals surface area (Å²) < 4.78 is 0. The first kappa shape index (κ1) is 13.5. The van der Waals surface area contributed by atoms with E-state index in [2.05, 4.69) is 5.32 Å². The van der Waals surface area contributed by atoms with Crippen LogP contribution in [0.3, 0.4) is 0 Å². The van der Waals surface area contributed by atoms with Crippen LogP contribution in [0.5, 0.6) is 0 Å². The molecule has 0 radical (unpaired) electrons. The molecular formula is C12H19N3O2. The van der Waals surface area contributed by atoms with Gasteiger partial charge in [-0.15, -0.1) is 0 Å². The van der Waals surface area contributed by atoms with Crippen molar-refractivity contribution in [2.45, 2.75) is 51.6 Å². The van der Waals surface area contributed by atoms with E-state index < -0.39 is 0 Å². The van der Waals surface area contributed by atoms with Crippen molar-refractivity contribution in [2.24, 2.45) is 0 Å². The van der Waals surface area contributed by atoms with Crippen LogP contribution >= 0.6 is 0 Å². The van der Waals surface area contributed by atoms with Crippen molar-refractivity contribution in [2.75, 3.05) is 6.54 Å². The lowest BCUT2D eigenvalue weighted by Crippen LogP contribution is -2.49. The van der Waals surface area contributed by atoms with Gasteiger partial charge in [-0.25, -0.2) is 0 Å². The third-order valence-electron chi connectivity index (χ3n) is 2.96. The number of likely N-dealkylation sites (tertiary alicyclic amines) is 1. The van der Waals surface area contributed by atoms with Crippen molar-refractivity contribution in [1.82, 2.24) is 10.2 Å². The number of nitrogens with zero attached hydrogens (tertiary/aromatic N) is 2. The van der Waals surface area contributed by atoms with E-state index in [0.29, 0.717) is 19.4 Å². The molecular weight excluding hydrogens is 218 g/mol. The molecule has 17 heavy (non-hydrogen) atoms. The number of carbonyl (C=O) groups is 2. The van der Waals surface area contributed by atoms with Crippen molar-refractivity contribution in [1.29, 1.82) is 5.26 Å². The van der Waals surface area contributed by atoms with Crippen LogP contribution in [0.1, 0.15) is 39.5 Å². The SMILES string of the molecule is CC[C@H](C(=O)N[C@@H](C)CC#N)N1CCCC1=O. The normalized spacial score (nSPS) is 18.6. The lowest BCUT2D eigenvalue weighted by atomic mass is 10.1. The highest BCUT2D eigenvalue weighted by Crippen LogP contribution is 2.16. The molecule has 1 rings (SSSR count). The van der Waals surface area contributed by atoms with E-state index in [9.17, 15) is 9.59 Å². The second-order valence-corrected chi connectivity index (χ2v) is 4.39. The summed E-state index contributed by atoms with van der Waals surface area (Å²) >= 11 is 0. The molecule has 0 aromatic rings. The first-order valence-electron chi connectivity index (χ1n) is 6.07.